The number of ether oxygens (including phenoxy) is 3. The van der Waals surface area contributed by atoms with Crippen LogP contribution in [0.3, 0.4) is 0 Å². The maximum atomic E-state index is 10.9. The van der Waals surface area contributed by atoms with Crippen molar-refractivity contribution in [2.45, 2.75) is 6.54 Å². The number of nitrogens with zero attached hydrogens (tertiary/aromatic N) is 2. The van der Waals surface area contributed by atoms with Gasteiger partial charge >= 0.3 is 6.16 Å². The molecule has 0 aromatic carbocycles. The van der Waals surface area contributed by atoms with Gasteiger partial charge in [-0.2, -0.15) is 0 Å². The highest BCUT2D eigenvalue weighted by molar-refractivity contribution is 7.16. The average molecular weight is 303 g/mol. The molecule has 0 amide bonds. The Morgan fingerprint density at radius 1 is 1.58 bits per heavy atom. The second-order valence-corrected chi connectivity index (χ2v) is 4.79. The molecule has 2 aromatic heterocycles. The second kappa shape index (κ2) is 6.44. The molecule has 0 aliphatic carbocycles. The molecule has 0 fully saturated rings. The number of aromatic nitrogens is 2. The lowest BCUT2D eigenvalue weighted by Gasteiger charge is -2.04. The first kappa shape index (κ1) is 13.7. The average Bonchev–Trinajstić information content (AvgIpc) is 3.00. The van der Waals surface area contributed by atoms with Crippen molar-refractivity contribution in [2.24, 2.45) is 0 Å². The minimum absolute atomic E-state index is 0.328. The predicted octanol–water partition coefficient (Wildman–Crippen LogP) is 2.82. The van der Waals surface area contributed by atoms with Crippen LogP contribution in [0.1, 0.15) is 0 Å². The van der Waals surface area contributed by atoms with Gasteiger partial charge < -0.3 is 18.8 Å². The quantitative estimate of drug-likeness (QED) is 0.795. The van der Waals surface area contributed by atoms with Crippen molar-refractivity contribution in [1.82, 2.24) is 9.55 Å². The summed E-state index contributed by atoms with van der Waals surface area (Å²) in [7, 11) is 1.24. The Morgan fingerprint density at radius 3 is 3.11 bits per heavy atom. The van der Waals surface area contributed by atoms with E-state index in [0.717, 1.165) is 11.3 Å². The Labute approximate surface area is 118 Å². The molecule has 0 spiro atoms. The maximum Gasteiger partial charge on any atom is 0.514 e. The fourth-order valence-electron chi connectivity index (χ4n) is 1.27. The molecule has 2 aromatic rings. The molecular formula is C11H11ClN2O4S. The number of hydrogen-bond acceptors (Lipinski definition) is 6. The van der Waals surface area contributed by atoms with Crippen LogP contribution in [0.15, 0.2) is 24.8 Å². The SMILES string of the molecule is COC(=O)Oc1cc(Cl)c(OCCn2ccnc2)s1. The lowest BCUT2D eigenvalue weighted by molar-refractivity contribution is 0.123. The van der Waals surface area contributed by atoms with Gasteiger partial charge in [0.25, 0.3) is 0 Å². The van der Waals surface area contributed by atoms with Crippen molar-refractivity contribution in [1.29, 1.82) is 0 Å². The lowest BCUT2D eigenvalue weighted by atomic mass is 10.6. The minimum Gasteiger partial charge on any atom is -0.481 e. The summed E-state index contributed by atoms with van der Waals surface area (Å²) >= 11 is 7.10. The van der Waals surface area contributed by atoms with Gasteiger partial charge in [0, 0.05) is 18.5 Å². The third kappa shape index (κ3) is 3.87. The van der Waals surface area contributed by atoms with Crippen LogP contribution < -0.4 is 9.47 Å². The summed E-state index contributed by atoms with van der Waals surface area (Å²) in [6.45, 7) is 1.09. The zero-order chi connectivity index (χ0) is 13.7. The van der Waals surface area contributed by atoms with Gasteiger partial charge in [0.05, 0.1) is 25.0 Å². The van der Waals surface area contributed by atoms with Crippen molar-refractivity contribution in [3.05, 3.63) is 29.8 Å². The van der Waals surface area contributed by atoms with E-state index in [4.69, 9.17) is 21.1 Å². The molecule has 8 heteroatoms. The van der Waals surface area contributed by atoms with Gasteiger partial charge in [0.2, 0.25) is 0 Å². The van der Waals surface area contributed by atoms with Gasteiger partial charge in [0.1, 0.15) is 6.61 Å². The minimum atomic E-state index is -0.789. The summed E-state index contributed by atoms with van der Waals surface area (Å²) in [5, 5.41) is 1.23. The van der Waals surface area contributed by atoms with Gasteiger partial charge in [-0.25, -0.2) is 9.78 Å². The van der Waals surface area contributed by atoms with E-state index in [1.807, 2.05) is 10.8 Å². The van der Waals surface area contributed by atoms with Gasteiger partial charge in [0.15, 0.2) is 10.1 Å². The van der Waals surface area contributed by atoms with E-state index in [1.54, 1.807) is 12.5 Å². The summed E-state index contributed by atoms with van der Waals surface area (Å²) in [6.07, 6.45) is 4.44. The third-order valence-electron chi connectivity index (χ3n) is 2.13. The first-order valence-electron chi connectivity index (χ1n) is 5.32. The number of carbonyl (C=O) groups excluding carboxylic acids is 1. The molecule has 0 bridgehead atoms. The molecule has 0 saturated heterocycles. The molecule has 0 aliphatic heterocycles. The Morgan fingerprint density at radius 2 is 2.42 bits per heavy atom. The van der Waals surface area contributed by atoms with Crippen LogP contribution in [-0.2, 0) is 11.3 Å². The third-order valence-corrected chi connectivity index (χ3v) is 3.44. The van der Waals surface area contributed by atoms with Crippen molar-refractivity contribution < 1.29 is 19.0 Å². The molecule has 0 aliphatic rings. The number of methoxy groups -OCH3 is 1. The summed E-state index contributed by atoms with van der Waals surface area (Å²) < 4.78 is 16.6. The van der Waals surface area contributed by atoms with Crippen LogP contribution in [0.2, 0.25) is 5.02 Å². The van der Waals surface area contributed by atoms with Crippen LogP contribution in [-0.4, -0.2) is 29.4 Å². The highest BCUT2D eigenvalue weighted by Crippen LogP contribution is 2.39. The highest BCUT2D eigenvalue weighted by Gasteiger charge is 2.13. The predicted molar refractivity (Wildman–Crippen MR) is 70.1 cm³/mol. The van der Waals surface area contributed by atoms with E-state index in [2.05, 4.69) is 9.72 Å². The topological polar surface area (TPSA) is 62.6 Å². The maximum absolute atomic E-state index is 10.9. The fraction of sp³-hybridized carbons (Fsp3) is 0.273. The number of hydrogen-bond donors (Lipinski definition) is 0. The molecule has 0 saturated carbocycles. The molecule has 19 heavy (non-hydrogen) atoms. The lowest BCUT2D eigenvalue weighted by Crippen LogP contribution is -2.06. The van der Waals surface area contributed by atoms with Crippen molar-refractivity contribution >= 4 is 29.1 Å². The van der Waals surface area contributed by atoms with Crippen LogP contribution in [0.25, 0.3) is 0 Å². The van der Waals surface area contributed by atoms with Crippen molar-refractivity contribution in [3.8, 4) is 10.1 Å². The first-order chi connectivity index (χ1) is 9.19. The molecular weight excluding hydrogens is 292 g/mol. The van der Waals surface area contributed by atoms with E-state index < -0.39 is 6.16 Å². The number of carbonyl (C=O) groups is 1. The Kier molecular flexibility index (Phi) is 4.64. The molecule has 0 N–H and O–H groups in total. The highest BCUT2D eigenvalue weighted by atomic mass is 35.5. The molecule has 102 valence electrons. The number of halogens is 1. The van der Waals surface area contributed by atoms with Gasteiger partial charge in [-0.1, -0.05) is 22.9 Å². The second-order valence-electron chi connectivity index (χ2n) is 3.41. The molecule has 0 unspecified atom stereocenters. The smallest absolute Gasteiger partial charge is 0.481 e. The number of rotatable bonds is 5. The van der Waals surface area contributed by atoms with Crippen molar-refractivity contribution in [3.63, 3.8) is 0 Å². The zero-order valence-electron chi connectivity index (χ0n) is 10.0. The van der Waals surface area contributed by atoms with E-state index in [1.165, 1.54) is 13.2 Å². The summed E-state index contributed by atoms with van der Waals surface area (Å²) in [4.78, 5) is 14.9. The van der Waals surface area contributed by atoms with Gasteiger partial charge in [-0.15, -0.1) is 0 Å². The van der Waals surface area contributed by atoms with Gasteiger partial charge in [-0.05, 0) is 0 Å². The fourth-order valence-corrected chi connectivity index (χ4v) is 2.37. The number of imidazole rings is 1. The molecule has 2 heterocycles. The zero-order valence-corrected chi connectivity index (χ0v) is 11.6. The van der Waals surface area contributed by atoms with Gasteiger partial charge in [-0.3, -0.25) is 0 Å². The summed E-state index contributed by atoms with van der Waals surface area (Å²) in [5.74, 6) is 0. The Hall–Kier alpha value is -1.73. The van der Waals surface area contributed by atoms with E-state index >= 15 is 0 Å². The van der Waals surface area contributed by atoms with Crippen LogP contribution in [0.4, 0.5) is 4.79 Å². The molecule has 0 atom stereocenters. The summed E-state index contributed by atoms with van der Waals surface area (Å²) in [5.41, 5.74) is 0. The standard InChI is InChI=1S/C11H11ClN2O4S/c1-16-11(15)18-9-6-8(12)10(19-9)17-5-4-14-3-2-13-7-14/h2-3,6-7H,4-5H2,1H3. The van der Waals surface area contributed by atoms with Crippen LogP contribution in [0, 0.1) is 0 Å². The van der Waals surface area contributed by atoms with E-state index in [0.29, 0.717) is 28.3 Å². The Bertz CT molecular complexity index is 541. The van der Waals surface area contributed by atoms with Crippen LogP contribution in [0.5, 0.6) is 10.1 Å². The summed E-state index contributed by atoms with van der Waals surface area (Å²) in [6, 6.07) is 1.51. The first-order valence-corrected chi connectivity index (χ1v) is 6.52. The van der Waals surface area contributed by atoms with Crippen molar-refractivity contribution in [2.75, 3.05) is 13.7 Å². The molecule has 2 rings (SSSR count). The molecule has 0 radical (unpaired) electrons. The monoisotopic (exact) mass is 302 g/mol. The molecule has 6 nitrogen and oxygen atoms in total. The van der Waals surface area contributed by atoms with E-state index in [9.17, 15) is 4.79 Å². The largest absolute Gasteiger partial charge is 0.514 e. The normalized spacial score (nSPS) is 10.2. The number of thiophene rings is 1. The van der Waals surface area contributed by atoms with Crippen LogP contribution >= 0.6 is 22.9 Å². The Balaban J connectivity index is 1.88. The van der Waals surface area contributed by atoms with E-state index in [-0.39, 0.29) is 0 Å².